The SMILES string of the molecule is NCCC(O)C(=O)N[C@@H]1C[C@H](N)[C@@H](O[C@H]2OC(CNCCO)=CC[C@H]2N)[C@H](O[C@@H]2O[C@H](CO)[C@@H](O[C@H]3O[C@@H](CN)[C@@H](O)[C@H](O)[C@H]3N)[C@H]2O)[C@H]1O. The quantitative estimate of drug-likeness (QED) is 0.0657. The fourth-order valence-electron chi connectivity index (χ4n) is 6.35. The third-order valence-electron chi connectivity index (χ3n) is 9.24. The summed E-state index contributed by atoms with van der Waals surface area (Å²) in [7, 11) is 0. The zero-order chi connectivity index (χ0) is 36.7. The van der Waals surface area contributed by atoms with Gasteiger partial charge < -0.3 is 103 Å². The van der Waals surface area contributed by atoms with Crippen LogP contribution in [0.1, 0.15) is 19.3 Å². The molecule has 1 saturated carbocycles. The average molecular weight is 726 g/mol. The molecular weight excluding hydrogens is 670 g/mol. The van der Waals surface area contributed by atoms with Crippen LogP contribution in [0.5, 0.6) is 0 Å². The first kappa shape index (κ1) is 41.1. The fourth-order valence-corrected chi connectivity index (χ4v) is 6.35. The van der Waals surface area contributed by atoms with Crippen molar-refractivity contribution in [2.24, 2.45) is 28.7 Å². The van der Waals surface area contributed by atoms with E-state index in [0.29, 0.717) is 18.7 Å². The first-order valence-electron chi connectivity index (χ1n) is 16.8. The second-order valence-electron chi connectivity index (χ2n) is 12.9. The van der Waals surface area contributed by atoms with E-state index in [4.69, 9.17) is 62.2 Å². The summed E-state index contributed by atoms with van der Waals surface area (Å²) in [4.78, 5) is 12.7. The summed E-state index contributed by atoms with van der Waals surface area (Å²) < 4.78 is 35.6. The maximum absolute atomic E-state index is 12.7. The minimum Gasteiger partial charge on any atom is -0.467 e. The van der Waals surface area contributed by atoms with Gasteiger partial charge in [0, 0.05) is 19.1 Å². The number of nitrogens with one attached hydrogen (secondary N) is 2. The van der Waals surface area contributed by atoms with E-state index < -0.39 is 117 Å². The van der Waals surface area contributed by atoms with Crippen molar-refractivity contribution in [3.8, 4) is 0 Å². The lowest BCUT2D eigenvalue weighted by atomic mass is 9.83. The molecule has 3 heterocycles. The Labute approximate surface area is 288 Å². The molecule has 0 aromatic carbocycles. The summed E-state index contributed by atoms with van der Waals surface area (Å²) in [6.07, 6.45) is -15.8. The van der Waals surface area contributed by atoms with Gasteiger partial charge in [-0.3, -0.25) is 4.79 Å². The number of rotatable bonds is 16. The number of nitrogens with two attached hydrogens (primary N) is 5. The van der Waals surface area contributed by atoms with Crippen molar-refractivity contribution in [2.45, 2.75) is 123 Å². The Kier molecular flexibility index (Phi) is 15.5. The van der Waals surface area contributed by atoms with E-state index in [9.17, 15) is 35.4 Å². The summed E-state index contributed by atoms with van der Waals surface area (Å²) in [6.45, 7) is -0.321. The van der Waals surface area contributed by atoms with Crippen molar-refractivity contribution in [2.75, 3.05) is 39.4 Å². The van der Waals surface area contributed by atoms with Gasteiger partial charge in [-0.1, -0.05) is 0 Å². The lowest BCUT2D eigenvalue weighted by Crippen LogP contribution is -2.67. The third-order valence-corrected chi connectivity index (χ3v) is 9.24. The smallest absolute Gasteiger partial charge is 0.249 e. The number of ether oxygens (including phenoxy) is 6. The zero-order valence-electron chi connectivity index (χ0n) is 27.6. The van der Waals surface area contributed by atoms with Crippen molar-refractivity contribution in [1.29, 1.82) is 0 Å². The standard InChI is InChI=1S/C29H55N7O14/c30-4-3-15(39)26(44)36-14-7-13(33)23(48-27-12(32)2-1-11(45-27)9-35-5-6-37)25(19(14)40)50-29-22(43)24(17(10-38)47-29)49-28-18(34)21(42)20(41)16(8-31)46-28/h1,12-25,27-29,35,37-43H,2-10,30-34H2,(H,36,44)/t12-,13+,14-,15?,16+,17-,18-,19+,20-,21-,22-,23-,24-,25-,27-,28-,29+/m1/s1. The molecule has 21 nitrogen and oxygen atoms in total. The van der Waals surface area contributed by atoms with Crippen LogP contribution in [0.15, 0.2) is 11.8 Å². The molecule has 3 fully saturated rings. The highest BCUT2D eigenvalue weighted by Crippen LogP contribution is 2.34. The molecule has 21 heteroatoms. The van der Waals surface area contributed by atoms with Gasteiger partial charge in [-0.05, 0) is 31.9 Å². The van der Waals surface area contributed by atoms with Crippen LogP contribution in [0.25, 0.3) is 0 Å². The Bertz CT molecular complexity index is 1100. The van der Waals surface area contributed by atoms with E-state index in [1.165, 1.54) is 0 Å². The van der Waals surface area contributed by atoms with Crippen LogP contribution in [0.3, 0.4) is 0 Å². The van der Waals surface area contributed by atoms with Crippen LogP contribution in [-0.4, -0.2) is 185 Å². The van der Waals surface area contributed by atoms with Gasteiger partial charge in [-0.25, -0.2) is 0 Å². The van der Waals surface area contributed by atoms with Gasteiger partial charge in [0.05, 0.1) is 37.9 Å². The van der Waals surface area contributed by atoms with Crippen LogP contribution >= 0.6 is 0 Å². The summed E-state index contributed by atoms with van der Waals surface area (Å²) in [5.74, 6) is -0.310. The van der Waals surface area contributed by atoms with Gasteiger partial charge in [0.15, 0.2) is 12.6 Å². The Balaban J connectivity index is 1.54. The molecule has 17 atom stereocenters. The predicted molar refractivity (Wildman–Crippen MR) is 170 cm³/mol. The Hall–Kier alpha value is -1.71. The van der Waals surface area contributed by atoms with Crippen LogP contribution in [0, 0.1) is 0 Å². The lowest BCUT2D eigenvalue weighted by molar-refractivity contribution is -0.282. The molecule has 0 bridgehead atoms. The Morgan fingerprint density at radius 3 is 2.22 bits per heavy atom. The summed E-state index contributed by atoms with van der Waals surface area (Å²) in [5.41, 5.74) is 30.0. The number of carbonyl (C=O) groups excluding carboxylic acids is 1. The number of hydrogen-bond donors (Lipinski definition) is 14. The molecule has 1 unspecified atom stereocenters. The van der Waals surface area contributed by atoms with Gasteiger partial charge in [0.25, 0.3) is 0 Å². The maximum Gasteiger partial charge on any atom is 0.249 e. The zero-order valence-corrected chi connectivity index (χ0v) is 27.6. The highest BCUT2D eigenvalue weighted by atomic mass is 16.8. The topological polar surface area (TPSA) is 368 Å². The number of aliphatic hydroxyl groups excluding tert-OH is 7. The van der Waals surface area contributed by atoms with Gasteiger partial charge in [0.1, 0.15) is 66.8 Å². The second-order valence-corrected chi connectivity index (χ2v) is 12.9. The molecule has 4 rings (SSSR count). The first-order valence-corrected chi connectivity index (χ1v) is 16.8. The molecule has 1 amide bonds. The summed E-state index contributed by atoms with van der Waals surface area (Å²) in [5, 5.41) is 78.5. The van der Waals surface area contributed by atoms with Crippen LogP contribution in [0.2, 0.25) is 0 Å². The van der Waals surface area contributed by atoms with E-state index in [1.54, 1.807) is 6.08 Å². The predicted octanol–water partition coefficient (Wildman–Crippen LogP) is -8.22. The highest BCUT2D eigenvalue weighted by Gasteiger charge is 2.54. The Morgan fingerprint density at radius 1 is 0.880 bits per heavy atom. The maximum atomic E-state index is 12.7. The van der Waals surface area contributed by atoms with Crippen molar-refractivity contribution >= 4 is 5.91 Å². The number of amides is 1. The van der Waals surface area contributed by atoms with E-state index in [0.717, 1.165) is 0 Å². The second kappa shape index (κ2) is 18.9. The molecule has 0 aromatic heterocycles. The third kappa shape index (κ3) is 9.63. The van der Waals surface area contributed by atoms with Crippen molar-refractivity contribution < 1.29 is 69.0 Å². The number of aliphatic hydroxyl groups is 7. The van der Waals surface area contributed by atoms with Gasteiger partial charge in [-0.2, -0.15) is 0 Å². The molecule has 2 saturated heterocycles. The molecule has 50 heavy (non-hydrogen) atoms. The summed E-state index contributed by atoms with van der Waals surface area (Å²) in [6, 6.07) is -3.94. The van der Waals surface area contributed by atoms with Crippen LogP contribution in [-0.2, 0) is 33.2 Å². The molecule has 19 N–H and O–H groups in total. The van der Waals surface area contributed by atoms with Gasteiger partial charge in [-0.15, -0.1) is 0 Å². The molecule has 4 aliphatic rings. The minimum absolute atomic E-state index is 0.0330. The van der Waals surface area contributed by atoms with E-state index in [-0.39, 0.29) is 39.1 Å². The first-order chi connectivity index (χ1) is 23.8. The fraction of sp³-hybridized carbons (Fsp3) is 0.897. The molecule has 1 aliphatic carbocycles. The van der Waals surface area contributed by atoms with Crippen molar-refractivity contribution in [3.05, 3.63) is 11.8 Å². The highest BCUT2D eigenvalue weighted by molar-refractivity contribution is 5.80. The van der Waals surface area contributed by atoms with E-state index in [2.05, 4.69) is 10.6 Å². The molecular formula is C29H55N7O14. The minimum atomic E-state index is -1.66. The number of carbonyl (C=O) groups is 1. The largest absolute Gasteiger partial charge is 0.467 e. The normalized spacial score (nSPS) is 42.8. The van der Waals surface area contributed by atoms with Crippen LogP contribution in [0.4, 0.5) is 0 Å². The van der Waals surface area contributed by atoms with Gasteiger partial charge >= 0.3 is 0 Å². The molecule has 0 spiro atoms. The van der Waals surface area contributed by atoms with E-state index >= 15 is 0 Å². The molecule has 290 valence electrons. The van der Waals surface area contributed by atoms with Crippen molar-refractivity contribution in [3.63, 3.8) is 0 Å². The molecule has 0 aromatic rings. The average Bonchev–Trinajstić information content (AvgIpc) is 3.39. The monoisotopic (exact) mass is 725 g/mol. The van der Waals surface area contributed by atoms with Crippen LogP contribution < -0.4 is 39.3 Å². The Morgan fingerprint density at radius 2 is 1.56 bits per heavy atom. The van der Waals surface area contributed by atoms with E-state index in [1.807, 2.05) is 0 Å². The van der Waals surface area contributed by atoms with Gasteiger partial charge in [0.2, 0.25) is 12.2 Å². The lowest BCUT2D eigenvalue weighted by Gasteiger charge is -2.46. The molecule has 0 radical (unpaired) electrons. The molecule has 3 aliphatic heterocycles. The summed E-state index contributed by atoms with van der Waals surface area (Å²) >= 11 is 0. The number of hydrogen-bond acceptors (Lipinski definition) is 20. The van der Waals surface area contributed by atoms with Crippen molar-refractivity contribution in [1.82, 2.24) is 10.6 Å².